The first-order chi connectivity index (χ1) is 15.8. The fourth-order valence-electron chi connectivity index (χ4n) is 5.96. The van der Waals surface area contributed by atoms with Crippen molar-refractivity contribution in [2.45, 2.75) is 10.2 Å². The maximum absolute atomic E-state index is 14.7. The Morgan fingerprint density at radius 1 is 0.594 bits per heavy atom. The van der Waals surface area contributed by atoms with E-state index in [9.17, 15) is 3.83 Å². The summed E-state index contributed by atoms with van der Waals surface area (Å²) in [7, 11) is 0. The summed E-state index contributed by atoms with van der Waals surface area (Å²) in [6, 6.07) is 38.4. The molecule has 0 aromatic heterocycles. The van der Waals surface area contributed by atoms with Gasteiger partial charge in [-0.3, -0.25) is 0 Å². The van der Waals surface area contributed by atoms with Gasteiger partial charge in [0, 0.05) is 0 Å². The molecule has 4 aromatic carbocycles. The van der Waals surface area contributed by atoms with Crippen LogP contribution in [0.25, 0.3) is 10.0 Å². The predicted octanol–water partition coefficient (Wildman–Crippen LogP) is 6.48. The number of hydrogen-bond donors (Lipinski definition) is 0. The summed E-state index contributed by atoms with van der Waals surface area (Å²) in [5.74, 6) is 0.159. The Labute approximate surface area is 191 Å². The molecule has 8 rings (SSSR count). The fraction of sp³-hybridized carbons (Fsp3) is 0.0667. The summed E-state index contributed by atoms with van der Waals surface area (Å²) in [6.45, 7) is 0. The average molecular weight is 475 g/mol. The van der Waals surface area contributed by atoms with Crippen molar-refractivity contribution in [1.82, 2.24) is 0 Å². The number of allylic oxidation sites excluding steroid dienone is 3. The molecule has 4 aromatic rings. The van der Waals surface area contributed by atoms with Crippen LogP contribution in [0.1, 0.15) is 39.3 Å². The molecule has 1 aliphatic heterocycles. The van der Waals surface area contributed by atoms with Crippen LogP contribution < -0.4 is 0 Å². The van der Waals surface area contributed by atoms with Gasteiger partial charge in [0.2, 0.25) is 0 Å². The van der Waals surface area contributed by atoms with Gasteiger partial charge in [-0.1, -0.05) is 0 Å². The van der Waals surface area contributed by atoms with Gasteiger partial charge in [-0.25, -0.2) is 0 Å². The molecule has 0 radical (unpaired) electrons. The number of hydrogen-bond acceptors (Lipinski definition) is 1. The first kappa shape index (κ1) is 18.3. The van der Waals surface area contributed by atoms with Crippen molar-refractivity contribution in [3.63, 3.8) is 0 Å². The van der Waals surface area contributed by atoms with E-state index in [2.05, 4.69) is 97.1 Å². The van der Waals surface area contributed by atoms with Crippen LogP contribution in [0.2, 0.25) is 0 Å². The van der Waals surface area contributed by atoms with Crippen LogP contribution in [0.3, 0.4) is 0 Å². The summed E-state index contributed by atoms with van der Waals surface area (Å²) in [5, 5.41) is 0. The molecule has 0 N–H and O–H groups in total. The van der Waals surface area contributed by atoms with Crippen molar-refractivity contribution in [2.24, 2.45) is 0 Å². The molecular weight excluding hydrogens is 455 g/mol. The number of rotatable bonds is 2. The molecule has 4 aliphatic rings. The first-order valence-corrected chi connectivity index (χ1v) is 13.4. The third kappa shape index (κ3) is 2.14. The molecule has 3 aliphatic carbocycles. The Morgan fingerprint density at radius 3 is 1.69 bits per heavy atom. The minimum atomic E-state index is -2.53. The van der Waals surface area contributed by atoms with E-state index in [1.165, 1.54) is 39.0 Å². The molecule has 0 amide bonds. The second-order valence-corrected chi connectivity index (χ2v) is 12.0. The van der Waals surface area contributed by atoms with Crippen LogP contribution in [-0.4, -0.2) is 13.8 Å². The molecule has 2 bridgehead atoms. The normalized spacial score (nSPS) is 24.6. The third-order valence-corrected chi connectivity index (χ3v) is 11.3. The summed E-state index contributed by atoms with van der Waals surface area (Å²) in [6.07, 6.45) is 2.27. The quantitative estimate of drug-likeness (QED) is 0.303. The van der Waals surface area contributed by atoms with Gasteiger partial charge in [-0.2, -0.15) is 0 Å². The van der Waals surface area contributed by atoms with E-state index in [-0.39, 0.29) is 5.92 Å². The Bertz CT molecular complexity index is 1430. The van der Waals surface area contributed by atoms with Gasteiger partial charge in [0.25, 0.3) is 0 Å². The van der Waals surface area contributed by atoms with Crippen LogP contribution in [0.5, 0.6) is 0 Å². The van der Waals surface area contributed by atoms with Gasteiger partial charge in [-0.05, 0) is 0 Å². The zero-order valence-electron chi connectivity index (χ0n) is 17.4. The summed E-state index contributed by atoms with van der Waals surface area (Å²) >= 11 is -2.53. The fourth-order valence-corrected chi connectivity index (χ4v) is 10.2. The third-order valence-electron chi connectivity index (χ3n) is 7.16. The van der Waals surface area contributed by atoms with E-state index < -0.39 is 18.1 Å². The molecule has 1 nitrogen and oxygen atoms in total. The van der Waals surface area contributed by atoms with Gasteiger partial charge in [0.05, 0.1) is 0 Å². The van der Waals surface area contributed by atoms with Crippen LogP contribution in [0.15, 0.2) is 121 Å². The van der Waals surface area contributed by atoms with Gasteiger partial charge in [0.15, 0.2) is 0 Å². The second-order valence-electron chi connectivity index (χ2n) is 8.63. The van der Waals surface area contributed by atoms with Crippen LogP contribution in [-0.2, 0) is 8.15 Å². The van der Waals surface area contributed by atoms with Crippen molar-refractivity contribution in [3.05, 3.63) is 154 Å². The first-order valence-electron chi connectivity index (χ1n) is 11.0. The van der Waals surface area contributed by atoms with Gasteiger partial charge >= 0.3 is 192 Å². The van der Waals surface area contributed by atoms with Gasteiger partial charge in [0.1, 0.15) is 0 Å². The predicted molar refractivity (Wildman–Crippen MR) is 130 cm³/mol. The molecule has 0 fully saturated rings. The van der Waals surface area contributed by atoms with E-state index >= 15 is 0 Å². The van der Waals surface area contributed by atoms with E-state index in [0.29, 0.717) is 0 Å². The molecule has 1 atom stereocenters. The van der Waals surface area contributed by atoms with Crippen LogP contribution >= 0.6 is 0 Å². The Kier molecular flexibility index (Phi) is 3.76. The zero-order chi connectivity index (χ0) is 21.3. The van der Waals surface area contributed by atoms with Crippen molar-refractivity contribution in [3.8, 4) is 0 Å². The molecule has 0 saturated carbocycles. The average Bonchev–Trinajstić information content (AvgIpc) is 3.19. The SMILES string of the molecule is O=[Se]1C(c2ccccc2)=CC2=C(c3ccccc3)C3c4ccccc4C21c1ccccc13. The monoisotopic (exact) mass is 476 g/mol. The van der Waals surface area contributed by atoms with Crippen molar-refractivity contribution >= 4 is 23.9 Å². The van der Waals surface area contributed by atoms with Crippen LogP contribution in [0.4, 0.5) is 0 Å². The molecule has 1 spiro atoms. The Hall–Kier alpha value is -3.32. The molecule has 152 valence electrons. The maximum atomic E-state index is 14.7. The molecule has 2 heteroatoms. The topological polar surface area (TPSA) is 17.1 Å². The van der Waals surface area contributed by atoms with Crippen molar-refractivity contribution < 1.29 is 3.83 Å². The molecule has 32 heavy (non-hydrogen) atoms. The molecule has 0 saturated heterocycles. The Morgan fingerprint density at radius 2 is 1.09 bits per heavy atom. The molecule has 1 heterocycles. The van der Waals surface area contributed by atoms with Crippen molar-refractivity contribution in [1.29, 1.82) is 0 Å². The van der Waals surface area contributed by atoms with Crippen molar-refractivity contribution in [2.75, 3.05) is 0 Å². The number of benzene rings is 4. The second kappa shape index (κ2) is 6.59. The van der Waals surface area contributed by atoms with Gasteiger partial charge < -0.3 is 0 Å². The summed E-state index contributed by atoms with van der Waals surface area (Å²) in [4.78, 5) is 0. The minimum absolute atomic E-state index is 0.159. The van der Waals surface area contributed by atoms with E-state index in [1.807, 2.05) is 18.2 Å². The van der Waals surface area contributed by atoms with E-state index in [0.717, 1.165) is 10.0 Å². The Balaban J connectivity index is 1.65. The molecular formula is C30H20OSe. The standard InChI is InChI=1S/C30H20OSe/c31-32-27(20-11-3-1-4-12-20)19-26-28(21-13-5-2-6-14-21)29-22-15-7-9-17-24(22)30(26,32)25-18-10-8-16-23(25)29/h1-19,29H. The van der Waals surface area contributed by atoms with E-state index in [4.69, 9.17) is 0 Å². The summed E-state index contributed by atoms with van der Waals surface area (Å²) in [5.41, 5.74) is 9.95. The van der Waals surface area contributed by atoms with Crippen LogP contribution in [0, 0.1) is 0 Å². The van der Waals surface area contributed by atoms with E-state index in [1.54, 1.807) is 0 Å². The zero-order valence-corrected chi connectivity index (χ0v) is 19.1. The van der Waals surface area contributed by atoms with Gasteiger partial charge in [-0.15, -0.1) is 0 Å². The molecule has 1 unspecified atom stereocenters. The summed E-state index contributed by atoms with van der Waals surface area (Å²) < 4.78 is 15.2.